The number of aromatic nitrogens is 2. The second kappa shape index (κ2) is 6.37. The van der Waals surface area contributed by atoms with Crippen molar-refractivity contribution in [1.29, 1.82) is 0 Å². The van der Waals surface area contributed by atoms with Gasteiger partial charge in [0.15, 0.2) is 0 Å². The van der Waals surface area contributed by atoms with Crippen LogP contribution in [0.3, 0.4) is 0 Å². The molecule has 1 aliphatic rings. The number of nitrogens with one attached hydrogen (secondary N) is 1. The van der Waals surface area contributed by atoms with Gasteiger partial charge in [-0.2, -0.15) is 5.10 Å². The van der Waals surface area contributed by atoms with Crippen LogP contribution in [0.1, 0.15) is 58.2 Å². The molecule has 0 aliphatic heterocycles. The lowest BCUT2D eigenvalue weighted by Gasteiger charge is -2.17. The zero-order valence-electron chi connectivity index (χ0n) is 12.0. The Morgan fingerprint density at radius 1 is 1.44 bits per heavy atom. The van der Waals surface area contributed by atoms with E-state index in [0.29, 0.717) is 12.1 Å². The fourth-order valence-corrected chi connectivity index (χ4v) is 2.37. The van der Waals surface area contributed by atoms with Gasteiger partial charge in [0.2, 0.25) is 0 Å². The molecule has 0 aromatic carbocycles. The molecule has 1 atom stereocenters. The topological polar surface area (TPSA) is 29.9 Å². The Bertz CT molecular complexity index is 352. The van der Waals surface area contributed by atoms with Crippen LogP contribution in [0.5, 0.6) is 0 Å². The molecule has 1 N–H and O–H groups in total. The SMILES string of the molecule is CCCNC(Cc1ccn(C(C)C)n1)CC1CC1. The largest absolute Gasteiger partial charge is 0.314 e. The molecule has 102 valence electrons. The van der Waals surface area contributed by atoms with Gasteiger partial charge in [-0.15, -0.1) is 0 Å². The van der Waals surface area contributed by atoms with E-state index in [4.69, 9.17) is 0 Å². The minimum atomic E-state index is 0.462. The van der Waals surface area contributed by atoms with Gasteiger partial charge in [-0.1, -0.05) is 19.8 Å². The minimum Gasteiger partial charge on any atom is -0.314 e. The Kier molecular flexibility index (Phi) is 4.81. The summed E-state index contributed by atoms with van der Waals surface area (Å²) in [7, 11) is 0. The van der Waals surface area contributed by atoms with Crippen LogP contribution in [-0.2, 0) is 6.42 Å². The second-order valence-corrected chi connectivity index (χ2v) is 5.92. The van der Waals surface area contributed by atoms with E-state index in [9.17, 15) is 0 Å². The Morgan fingerprint density at radius 2 is 2.22 bits per heavy atom. The maximum Gasteiger partial charge on any atom is 0.0640 e. The van der Waals surface area contributed by atoms with Crippen LogP contribution in [0.25, 0.3) is 0 Å². The molecule has 18 heavy (non-hydrogen) atoms. The molecular weight excluding hydrogens is 222 g/mol. The van der Waals surface area contributed by atoms with Crippen LogP contribution >= 0.6 is 0 Å². The molecule has 0 amide bonds. The number of hydrogen-bond acceptors (Lipinski definition) is 2. The molecule has 0 radical (unpaired) electrons. The van der Waals surface area contributed by atoms with Gasteiger partial charge in [-0.3, -0.25) is 4.68 Å². The lowest BCUT2D eigenvalue weighted by Crippen LogP contribution is -2.32. The molecule has 3 nitrogen and oxygen atoms in total. The Hall–Kier alpha value is -0.830. The van der Waals surface area contributed by atoms with Crippen molar-refractivity contribution in [1.82, 2.24) is 15.1 Å². The van der Waals surface area contributed by atoms with Gasteiger partial charge in [0, 0.05) is 24.7 Å². The molecule has 1 aliphatic carbocycles. The van der Waals surface area contributed by atoms with Gasteiger partial charge < -0.3 is 5.32 Å². The molecule has 2 rings (SSSR count). The molecule has 3 heteroatoms. The van der Waals surface area contributed by atoms with E-state index >= 15 is 0 Å². The van der Waals surface area contributed by atoms with Crippen molar-refractivity contribution in [2.75, 3.05) is 6.54 Å². The van der Waals surface area contributed by atoms with Crippen LogP contribution in [0, 0.1) is 5.92 Å². The van der Waals surface area contributed by atoms with E-state index in [2.05, 4.69) is 48.1 Å². The first-order valence-corrected chi connectivity index (χ1v) is 7.46. The number of hydrogen-bond donors (Lipinski definition) is 1. The fraction of sp³-hybridized carbons (Fsp3) is 0.800. The zero-order chi connectivity index (χ0) is 13.0. The summed E-state index contributed by atoms with van der Waals surface area (Å²) in [5.74, 6) is 0.978. The quantitative estimate of drug-likeness (QED) is 0.767. The van der Waals surface area contributed by atoms with Gasteiger partial charge >= 0.3 is 0 Å². The van der Waals surface area contributed by atoms with Crippen molar-refractivity contribution < 1.29 is 0 Å². The monoisotopic (exact) mass is 249 g/mol. The summed E-state index contributed by atoms with van der Waals surface area (Å²) in [6.45, 7) is 7.71. The highest BCUT2D eigenvalue weighted by Gasteiger charge is 2.25. The van der Waals surface area contributed by atoms with Gasteiger partial charge in [-0.05, 0) is 45.2 Å². The third kappa shape index (κ3) is 4.13. The van der Waals surface area contributed by atoms with Crippen molar-refractivity contribution in [2.24, 2.45) is 5.92 Å². The highest BCUT2D eigenvalue weighted by molar-refractivity contribution is 5.02. The Morgan fingerprint density at radius 3 is 2.78 bits per heavy atom. The van der Waals surface area contributed by atoms with Crippen LogP contribution in [-0.4, -0.2) is 22.4 Å². The Labute approximate surface area is 111 Å². The van der Waals surface area contributed by atoms with Crippen LogP contribution in [0.2, 0.25) is 0 Å². The smallest absolute Gasteiger partial charge is 0.0640 e. The zero-order valence-corrected chi connectivity index (χ0v) is 12.0. The highest BCUT2D eigenvalue weighted by Crippen LogP contribution is 2.34. The van der Waals surface area contributed by atoms with E-state index in [-0.39, 0.29) is 0 Å². The third-order valence-corrected chi connectivity index (χ3v) is 3.65. The van der Waals surface area contributed by atoms with Gasteiger partial charge in [0.1, 0.15) is 0 Å². The number of rotatable bonds is 8. The first-order valence-electron chi connectivity index (χ1n) is 7.46. The molecule has 1 saturated carbocycles. The van der Waals surface area contributed by atoms with Crippen LogP contribution in [0.15, 0.2) is 12.3 Å². The minimum absolute atomic E-state index is 0.462. The standard InChI is InChI=1S/C15H27N3/c1-4-8-16-15(10-13-5-6-13)11-14-7-9-18(17-14)12(2)3/h7,9,12-13,15-16H,4-6,8,10-11H2,1-3H3. The number of nitrogens with zero attached hydrogens (tertiary/aromatic N) is 2. The lowest BCUT2D eigenvalue weighted by molar-refractivity contribution is 0.445. The second-order valence-electron chi connectivity index (χ2n) is 5.92. The normalized spacial score (nSPS) is 17.3. The first kappa shape index (κ1) is 13.6. The van der Waals surface area contributed by atoms with Crippen molar-refractivity contribution in [3.63, 3.8) is 0 Å². The van der Waals surface area contributed by atoms with E-state index in [1.807, 2.05) is 0 Å². The first-order chi connectivity index (χ1) is 8.69. The summed E-state index contributed by atoms with van der Waals surface area (Å²) in [5.41, 5.74) is 1.23. The van der Waals surface area contributed by atoms with E-state index in [1.165, 1.54) is 31.4 Å². The maximum atomic E-state index is 4.66. The van der Waals surface area contributed by atoms with Gasteiger partial charge in [0.25, 0.3) is 0 Å². The van der Waals surface area contributed by atoms with Crippen LogP contribution < -0.4 is 5.32 Å². The average molecular weight is 249 g/mol. The molecule has 0 bridgehead atoms. The van der Waals surface area contributed by atoms with Crippen molar-refractivity contribution in [3.8, 4) is 0 Å². The molecule has 1 heterocycles. The summed E-state index contributed by atoms with van der Waals surface area (Å²) in [4.78, 5) is 0. The molecule has 1 unspecified atom stereocenters. The molecular formula is C15H27N3. The van der Waals surface area contributed by atoms with Crippen molar-refractivity contribution >= 4 is 0 Å². The summed E-state index contributed by atoms with van der Waals surface area (Å²) in [5, 5.41) is 8.34. The molecule has 1 aromatic heterocycles. The fourth-order valence-electron chi connectivity index (χ4n) is 2.37. The highest BCUT2D eigenvalue weighted by atomic mass is 15.3. The third-order valence-electron chi connectivity index (χ3n) is 3.65. The summed E-state index contributed by atoms with van der Waals surface area (Å²) in [6.07, 6.45) is 8.59. The van der Waals surface area contributed by atoms with Crippen molar-refractivity contribution in [3.05, 3.63) is 18.0 Å². The van der Waals surface area contributed by atoms with Crippen LogP contribution in [0.4, 0.5) is 0 Å². The maximum absolute atomic E-state index is 4.66. The van der Waals surface area contributed by atoms with Crippen molar-refractivity contribution in [2.45, 2.75) is 65.0 Å². The van der Waals surface area contributed by atoms with E-state index < -0.39 is 0 Å². The molecule has 0 spiro atoms. The Balaban J connectivity index is 1.88. The van der Waals surface area contributed by atoms with E-state index in [1.54, 1.807) is 0 Å². The lowest BCUT2D eigenvalue weighted by atomic mass is 10.0. The van der Waals surface area contributed by atoms with Gasteiger partial charge in [-0.25, -0.2) is 0 Å². The predicted molar refractivity (Wildman–Crippen MR) is 75.7 cm³/mol. The molecule has 1 aromatic rings. The summed E-state index contributed by atoms with van der Waals surface area (Å²) in [6, 6.07) is 3.25. The summed E-state index contributed by atoms with van der Waals surface area (Å²) >= 11 is 0. The molecule has 1 fully saturated rings. The van der Waals surface area contributed by atoms with Gasteiger partial charge in [0.05, 0.1) is 5.69 Å². The predicted octanol–water partition coefficient (Wildman–Crippen LogP) is 3.17. The summed E-state index contributed by atoms with van der Waals surface area (Å²) < 4.78 is 2.06. The van der Waals surface area contributed by atoms with E-state index in [0.717, 1.165) is 18.9 Å². The molecule has 0 saturated heterocycles. The average Bonchev–Trinajstić information content (AvgIpc) is 3.02.